The molecule has 2 heteroatoms. The van der Waals surface area contributed by atoms with Crippen LogP contribution >= 0.6 is 12.6 Å². The highest BCUT2D eigenvalue weighted by Crippen LogP contribution is 2.18. The summed E-state index contributed by atoms with van der Waals surface area (Å²) in [5.41, 5.74) is 0. The van der Waals surface area contributed by atoms with Crippen LogP contribution in [-0.4, -0.2) is 11.5 Å². The van der Waals surface area contributed by atoms with Crippen molar-refractivity contribution in [3.63, 3.8) is 0 Å². The highest BCUT2D eigenvalue weighted by Gasteiger charge is 2.07. The number of unbranched alkanes of at least 4 members (excludes halogenated alkanes) is 1. The molecule has 1 atom stereocenters. The Labute approximate surface area is 87.7 Å². The van der Waals surface area contributed by atoms with E-state index in [1.165, 1.54) is 25.7 Å². The van der Waals surface area contributed by atoms with Gasteiger partial charge in [-0.3, -0.25) is 4.79 Å². The van der Waals surface area contributed by atoms with Gasteiger partial charge in [0.1, 0.15) is 5.78 Å². The van der Waals surface area contributed by atoms with Gasteiger partial charge in [-0.1, -0.05) is 39.5 Å². The number of carbonyl (C=O) groups excluding carboxylic acids is 1. The monoisotopic (exact) mass is 202 g/mol. The molecule has 0 saturated heterocycles. The second-order valence-electron chi connectivity index (χ2n) is 3.65. The highest BCUT2D eigenvalue weighted by atomic mass is 32.1. The molecular formula is C11H22OS. The number of ketones is 1. The van der Waals surface area contributed by atoms with E-state index in [9.17, 15) is 4.79 Å². The van der Waals surface area contributed by atoms with Crippen LogP contribution in [0.1, 0.15) is 52.4 Å². The molecule has 0 aliphatic rings. The van der Waals surface area contributed by atoms with Crippen molar-refractivity contribution in [2.75, 3.05) is 5.75 Å². The van der Waals surface area contributed by atoms with Crippen LogP contribution in [-0.2, 0) is 4.79 Å². The first kappa shape index (κ1) is 13.0. The Balaban J connectivity index is 3.52. The van der Waals surface area contributed by atoms with Crippen LogP contribution in [0.3, 0.4) is 0 Å². The molecule has 0 aromatic heterocycles. The molecule has 0 aliphatic heterocycles. The number of rotatable bonds is 8. The average molecular weight is 202 g/mol. The minimum atomic E-state index is 0.290. The largest absolute Gasteiger partial charge is 0.299 e. The third-order valence-electron chi connectivity index (χ3n) is 2.55. The van der Waals surface area contributed by atoms with E-state index in [1.54, 1.807) is 0 Å². The van der Waals surface area contributed by atoms with E-state index < -0.39 is 0 Å². The smallest absolute Gasteiger partial charge is 0.142 e. The standard InChI is InChI=1S/C11H22OS/c1-3-5-6-10(4-2)7-8-11(12)9-13/h10,13H,3-9H2,1-2H3. The van der Waals surface area contributed by atoms with Gasteiger partial charge in [-0.2, -0.15) is 12.6 Å². The Morgan fingerprint density at radius 1 is 1.31 bits per heavy atom. The molecule has 0 amide bonds. The Morgan fingerprint density at radius 2 is 2.00 bits per heavy atom. The second kappa shape index (κ2) is 8.61. The van der Waals surface area contributed by atoms with E-state index >= 15 is 0 Å². The molecule has 0 spiro atoms. The number of thiol groups is 1. The Bertz CT molecular complexity index is 134. The molecule has 1 nitrogen and oxygen atoms in total. The van der Waals surface area contributed by atoms with Gasteiger partial charge in [-0.15, -0.1) is 0 Å². The Morgan fingerprint density at radius 3 is 2.46 bits per heavy atom. The molecule has 0 bridgehead atoms. The average Bonchev–Trinajstić information content (AvgIpc) is 2.17. The van der Waals surface area contributed by atoms with Crippen LogP contribution in [0.15, 0.2) is 0 Å². The SMILES string of the molecule is CCCCC(CC)CCC(=O)CS. The van der Waals surface area contributed by atoms with Gasteiger partial charge in [0.25, 0.3) is 0 Å². The maximum absolute atomic E-state index is 11.0. The van der Waals surface area contributed by atoms with Crippen LogP contribution in [0.4, 0.5) is 0 Å². The lowest BCUT2D eigenvalue weighted by Crippen LogP contribution is -2.05. The third-order valence-corrected chi connectivity index (χ3v) is 2.90. The van der Waals surface area contributed by atoms with Crippen LogP contribution in [0.5, 0.6) is 0 Å². The maximum atomic E-state index is 11.0. The zero-order valence-corrected chi connectivity index (χ0v) is 9.78. The van der Waals surface area contributed by atoms with E-state index in [1.807, 2.05) is 0 Å². The molecule has 0 fully saturated rings. The Hall–Kier alpha value is 0.0200. The van der Waals surface area contributed by atoms with Crippen LogP contribution in [0.25, 0.3) is 0 Å². The van der Waals surface area contributed by atoms with Crippen molar-refractivity contribution in [2.24, 2.45) is 5.92 Å². The summed E-state index contributed by atoms with van der Waals surface area (Å²) in [6.45, 7) is 4.43. The van der Waals surface area contributed by atoms with Gasteiger partial charge in [-0.25, -0.2) is 0 Å². The quantitative estimate of drug-likeness (QED) is 0.596. The fourth-order valence-corrected chi connectivity index (χ4v) is 1.65. The van der Waals surface area contributed by atoms with E-state index in [2.05, 4.69) is 26.5 Å². The summed E-state index contributed by atoms with van der Waals surface area (Å²) < 4.78 is 0. The zero-order chi connectivity index (χ0) is 10.1. The lowest BCUT2D eigenvalue weighted by Gasteiger charge is -2.12. The predicted octanol–water partition coefficient (Wildman–Crippen LogP) is 3.48. The van der Waals surface area contributed by atoms with Gasteiger partial charge < -0.3 is 0 Å². The van der Waals surface area contributed by atoms with Gasteiger partial charge >= 0.3 is 0 Å². The summed E-state index contributed by atoms with van der Waals surface area (Å²) in [7, 11) is 0. The van der Waals surface area contributed by atoms with E-state index in [0.717, 1.165) is 18.8 Å². The molecule has 0 heterocycles. The van der Waals surface area contributed by atoms with Crippen molar-refractivity contribution < 1.29 is 4.79 Å². The normalized spacial score (nSPS) is 12.8. The van der Waals surface area contributed by atoms with Crippen LogP contribution in [0.2, 0.25) is 0 Å². The third kappa shape index (κ3) is 7.12. The van der Waals surface area contributed by atoms with Crippen molar-refractivity contribution in [3.05, 3.63) is 0 Å². The molecule has 1 unspecified atom stereocenters. The van der Waals surface area contributed by atoms with Gasteiger partial charge in [0.2, 0.25) is 0 Å². The number of Topliss-reactive ketones (excluding diaryl/α,β-unsaturated/α-hetero) is 1. The van der Waals surface area contributed by atoms with Gasteiger partial charge in [0.15, 0.2) is 0 Å². The molecule has 0 rings (SSSR count). The summed E-state index contributed by atoms with van der Waals surface area (Å²) in [6.07, 6.45) is 6.85. The number of hydrogen-bond donors (Lipinski definition) is 1. The van der Waals surface area contributed by atoms with Crippen molar-refractivity contribution in [2.45, 2.75) is 52.4 Å². The van der Waals surface area contributed by atoms with Crippen molar-refractivity contribution in [1.29, 1.82) is 0 Å². The van der Waals surface area contributed by atoms with E-state index in [-0.39, 0.29) is 0 Å². The lowest BCUT2D eigenvalue weighted by molar-refractivity contribution is -0.116. The fourth-order valence-electron chi connectivity index (χ4n) is 1.49. The summed E-state index contributed by atoms with van der Waals surface area (Å²) in [5.74, 6) is 1.45. The fraction of sp³-hybridized carbons (Fsp3) is 0.909. The summed E-state index contributed by atoms with van der Waals surface area (Å²) >= 11 is 3.97. The van der Waals surface area contributed by atoms with Crippen LogP contribution < -0.4 is 0 Å². The topological polar surface area (TPSA) is 17.1 Å². The highest BCUT2D eigenvalue weighted by molar-refractivity contribution is 7.81. The molecule has 0 aliphatic carbocycles. The first-order valence-corrected chi connectivity index (χ1v) is 6.00. The molecule has 13 heavy (non-hydrogen) atoms. The van der Waals surface area contributed by atoms with Gasteiger partial charge in [-0.05, 0) is 12.3 Å². The molecular weight excluding hydrogens is 180 g/mol. The van der Waals surface area contributed by atoms with Gasteiger partial charge in [0.05, 0.1) is 0 Å². The number of hydrogen-bond acceptors (Lipinski definition) is 2. The van der Waals surface area contributed by atoms with Crippen molar-refractivity contribution >= 4 is 18.4 Å². The molecule has 0 N–H and O–H groups in total. The molecule has 0 aromatic rings. The first-order chi connectivity index (χ1) is 6.24. The van der Waals surface area contributed by atoms with E-state index in [4.69, 9.17) is 0 Å². The number of carbonyl (C=O) groups is 1. The van der Waals surface area contributed by atoms with Crippen molar-refractivity contribution in [3.8, 4) is 0 Å². The van der Waals surface area contributed by atoms with Crippen molar-refractivity contribution in [1.82, 2.24) is 0 Å². The molecule has 78 valence electrons. The summed E-state index contributed by atoms with van der Waals surface area (Å²) in [6, 6.07) is 0. The molecule has 0 saturated carbocycles. The van der Waals surface area contributed by atoms with E-state index in [0.29, 0.717) is 11.5 Å². The molecule has 0 radical (unpaired) electrons. The lowest BCUT2D eigenvalue weighted by atomic mass is 9.93. The van der Waals surface area contributed by atoms with Gasteiger partial charge in [0, 0.05) is 12.2 Å². The minimum absolute atomic E-state index is 0.290. The summed E-state index contributed by atoms with van der Waals surface area (Å²) in [5, 5.41) is 0. The summed E-state index contributed by atoms with van der Waals surface area (Å²) in [4.78, 5) is 11.0. The Kier molecular flexibility index (Phi) is 8.62. The minimum Gasteiger partial charge on any atom is -0.299 e. The molecule has 0 aromatic carbocycles. The predicted molar refractivity (Wildman–Crippen MR) is 61.4 cm³/mol. The first-order valence-electron chi connectivity index (χ1n) is 5.37. The maximum Gasteiger partial charge on any atom is 0.142 e. The zero-order valence-electron chi connectivity index (χ0n) is 8.88. The van der Waals surface area contributed by atoms with Crippen LogP contribution in [0, 0.1) is 5.92 Å². The second-order valence-corrected chi connectivity index (χ2v) is 3.97.